The van der Waals surface area contributed by atoms with Gasteiger partial charge < -0.3 is 11.1 Å². The van der Waals surface area contributed by atoms with E-state index in [2.05, 4.69) is 5.32 Å². The summed E-state index contributed by atoms with van der Waals surface area (Å²) in [4.78, 5) is 21.0. The highest BCUT2D eigenvalue weighted by Crippen LogP contribution is 2.30. The summed E-state index contributed by atoms with van der Waals surface area (Å²) in [5.74, 6) is -1.10. The minimum Gasteiger partial charge on any atom is -0.379 e. The van der Waals surface area contributed by atoms with Gasteiger partial charge in [-0.3, -0.25) is 14.9 Å². The third-order valence-electron chi connectivity index (χ3n) is 2.16. The summed E-state index contributed by atoms with van der Waals surface area (Å²) in [6.45, 7) is -0.146. The van der Waals surface area contributed by atoms with Crippen LogP contribution in [0.5, 0.6) is 0 Å². The normalized spacial score (nSPS) is 11.2. The third kappa shape index (κ3) is 4.96. The largest absolute Gasteiger partial charge is 0.441 e. The number of nitrogens with zero attached hydrogens (tertiary/aromatic N) is 1. The summed E-state index contributed by atoms with van der Waals surface area (Å²) < 4.78 is 35.8. The van der Waals surface area contributed by atoms with E-state index in [1.807, 2.05) is 0 Å². The van der Waals surface area contributed by atoms with Crippen LogP contribution in [-0.2, 0) is 0 Å². The molecule has 0 spiro atoms. The number of thioether (sulfide) groups is 1. The molecular formula is C10H10F3N3O3S. The number of primary amides is 1. The van der Waals surface area contributed by atoms with Gasteiger partial charge in [-0.1, -0.05) is 0 Å². The summed E-state index contributed by atoms with van der Waals surface area (Å²) in [5, 5.41) is 13.3. The molecule has 1 aromatic rings. The van der Waals surface area contributed by atoms with Crippen LogP contribution in [0.3, 0.4) is 0 Å². The summed E-state index contributed by atoms with van der Waals surface area (Å²) >= 11 is -0.246. The first-order valence-electron chi connectivity index (χ1n) is 5.23. The van der Waals surface area contributed by atoms with Crippen molar-refractivity contribution in [2.24, 2.45) is 5.73 Å². The Morgan fingerprint density at radius 3 is 2.60 bits per heavy atom. The van der Waals surface area contributed by atoms with Crippen molar-refractivity contribution >= 4 is 29.0 Å². The highest BCUT2D eigenvalue weighted by atomic mass is 32.2. The summed E-state index contributed by atoms with van der Waals surface area (Å²) in [6.07, 6.45) is 0. The molecule has 0 radical (unpaired) electrons. The molecule has 1 rings (SSSR count). The monoisotopic (exact) mass is 309 g/mol. The van der Waals surface area contributed by atoms with Gasteiger partial charge in [0.1, 0.15) is 5.69 Å². The van der Waals surface area contributed by atoms with Gasteiger partial charge in [0.15, 0.2) is 0 Å². The van der Waals surface area contributed by atoms with E-state index in [-0.39, 0.29) is 41.0 Å². The number of rotatable bonds is 6. The number of nitrogens with one attached hydrogen (secondary N) is 1. The number of halogens is 3. The lowest BCUT2D eigenvalue weighted by Crippen LogP contribution is -2.13. The molecule has 1 amide bonds. The second-order valence-electron chi connectivity index (χ2n) is 3.57. The molecule has 0 aliphatic carbocycles. The quantitative estimate of drug-likeness (QED) is 0.477. The van der Waals surface area contributed by atoms with Gasteiger partial charge >= 0.3 is 5.51 Å². The lowest BCUT2D eigenvalue weighted by Gasteiger charge is -2.09. The average molecular weight is 309 g/mol. The molecule has 0 atom stereocenters. The number of benzene rings is 1. The Labute approximate surface area is 115 Å². The number of anilines is 1. The molecule has 0 unspecified atom stereocenters. The van der Waals surface area contributed by atoms with Gasteiger partial charge in [-0.05, 0) is 23.9 Å². The van der Waals surface area contributed by atoms with Crippen molar-refractivity contribution in [2.75, 3.05) is 17.6 Å². The van der Waals surface area contributed by atoms with Gasteiger partial charge in [-0.15, -0.1) is 0 Å². The maximum absolute atomic E-state index is 11.9. The molecule has 0 aliphatic heterocycles. The van der Waals surface area contributed by atoms with Gasteiger partial charge in [-0.2, -0.15) is 13.2 Å². The van der Waals surface area contributed by atoms with E-state index >= 15 is 0 Å². The Kier molecular flexibility index (Phi) is 5.19. The lowest BCUT2D eigenvalue weighted by molar-refractivity contribution is -0.384. The standard InChI is InChI=1S/C10H10F3N3O3S/c11-10(12,13)20-4-3-15-7-5-6(9(14)17)1-2-8(7)16(18)19/h1-2,5,15H,3-4H2,(H2,14,17). The highest BCUT2D eigenvalue weighted by molar-refractivity contribution is 8.00. The van der Waals surface area contributed by atoms with Crippen LogP contribution in [0.15, 0.2) is 18.2 Å². The molecule has 0 fully saturated rings. The minimum atomic E-state index is -4.36. The van der Waals surface area contributed by atoms with E-state index in [9.17, 15) is 28.1 Å². The molecule has 0 heterocycles. The van der Waals surface area contributed by atoms with Gasteiger partial charge in [0.05, 0.1) is 4.92 Å². The number of carbonyl (C=O) groups excluding carboxylic acids is 1. The van der Waals surface area contributed by atoms with Crippen LogP contribution in [-0.4, -0.2) is 28.6 Å². The van der Waals surface area contributed by atoms with E-state index in [4.69, 9.17) is 5.73 Å². The average Bonchev–Trinajstić information content (AvgIpc) is 2.33. The second kappa shape index (κ2) is 6.46. The van der Waals surface area contributed by atoms with Gasteiger partial charge in [0.2, 0.25) is 5.91 Å². The van der Waals surface area contributed by atoms with Crippen molar-refractivity contribution in [1.29, 1.82) is 0 Å². The molecule has 10 heteroatoms. The van der Waals surface area contributed by atoms with Crippen LogP contribution in [0.4, 0.5) is 24.5 Å². The first-order valence-corrected chi connectivity index (χ1v) is 6.22. The fourth-order valence-electron chi connectivity index (χ4n) is 1.34. The van der Waals surface area contributed by atoms with E-state index in [1.54, 1.807) is 0 Å². The van der Waals surface area contributed by atoms with Crippen molar-refractivity contribution in [3.8, 4) is 0 Å². The molecule has 110 valence electrons. The van der Waals surface area contributed by atoms with E-state index < -0.39 is 16.3 Å². The number of nitrogens with two attached hydrogens (primary N) is 1. The third-order valence-corrected chi connectivity index (χ3v) is 2.90. The fourth-order valence-corrected chi connectivity index (χ4v) is 1.78. The van der Waals surface area contributed by atoms with Crippen LogP contribution >= 0.6 is 11.8 Å². The Hall–Kier alpha value is -1.97. The van der Waals surface area contributed by atoms with E-state index in [1.165, 1.54) is 6.07 Å². The second-order valence-corrected chi connectivity index (χ2v) is 4.73. The van der Waals surface area contributed by atoms with Crippen molar-refractivity contribution in [1.82, 2.24) is 0 Å². The predicted molar refractivity (Wildman–Crippen MR) is 68.6 cm³/mol. The Balaban J connectivity index is 2.78. The van der Waals surface area contributed by atoms with Crippen LogP contribution in [0, 0.1) is 10.1 Å². The molecule has 0 bridgehead atoms. The fraction of sp³-hybridized carbons (Fsp3) is 0.300. The van der Waals surface area contributed by atoms with Crippen molar-refractivity contribution < 1.29 is 22.9 Å². The number of nitro groups is 1. The maximum Gasteiger partial charge on any atom is 0.441 e. The summed E-state index contributed by atoms with van der Waals surface area (Å²) in [5.41, 5.74) is 0.314. The minimum absolute atomic E-state index is 0.0292. The van der Waals surface area contributed by atoms with E-state index in [0.29, 0.717) is 0 Å². The number of hydrogen-bond acceptors (Lipinski definition) is 5. The molecule has 6 nitrogen and oxygen atoms in total. The number of nitro benzene ring substituents is 1. The number of hydrogen-bond donors (Lipinski definition) is 2. The van der Waals surface area contributed by atoms with Gasteiger partial charge in [0.25, 0.3) is 5.69 Å². The molecule has 1 aromatic carbocycles. The topological polar surface area (TPSA) is 98.3 Å². The first kappa shape index (κ1) is 16.1. The maximum atomic E-state index is 11.9. The molecule has 0 saturated carbocycles. The van der Waals surface area contributed by atoms with Crippen molar-refractivity contribution in [3.63, 3.8) is 0 Å². The van der Waals surface area contributed by atoms with Crippen LogP contribution in [0.25, 0.3) is 0 Å². The van der Waals surface area contributed by atoms with Gasteiger partial charge in [0, 0.05) is 23.9 Å². The Morgan fingerprint density at radius 2 is 2.10 bits per heavy atom. The molecule has 0 aliphatic rings. The molecule has 0 saturated heterocycles. The first-order chi connectivity index (χ1) is 9.20. The van der Waals surface area contributed by atoms with Crippen molar-refractivity contribution in [2.45, 2.75) is 5.51 Å². The van der Waals surface area contributed by atoms with Crippen LogP contribution in [0.1, 0.15) is 10.4 Å². The number of alkyl halides is 3. The number of amides is 1. The summed E-state index contributed by atoms with van der Waals surface area (Å²) in [7, 11) is 0. The van der Waals surface area contributed by atoms with Crippen LogP contribution < -0.4 is 11.1 Å². The molecule has 3 N–H and O–H groups in total. The van der Waals surface area contributed by atoms with Crippen LogP contribution in [0.2, 0.25) is 0 Å². The number of carbonyl (C=O) groups is 1. The Bertz CT molecular complexity index is 522. The summed E-state index contributed by atoms with van der Waals surface area (Å²) in [6, 6.07) is 3.38. The zero-order valence-corrected chi connectivity index (χ0v) is 10.8. The highest BCUT2D eigenvalue weighted by Gasteiger charge is 2.27. The molecule has 20 heavy (non-hydrogen) atoms. The zero-order chi connectivity index (χ0) is 15.3. The van der Waals surface area contributed by atoms with Gasteiger partial charge in [-0.25, -0.2) is 0 Å². The predicted octanol–water partition coefficient (Wildman–Crippen LogP) is 2.36. The Morgan fingerprint density at radius 1 is 1.45 bits per heavy atom. The van der Waals surface area contributed by atoms with E-state index in [0.717, 1.165) is 12.1 Å². The SMILES string of the molecule is NC(=O)c1ccc([N+](=O)[O-])c(NCCSC(F)(F)F)c1. The zero-order valence-electron chi connectivity index (χ0n) is 9.94. The smallest absolute Gasteiger partial charge is 0.379 e. The van der Waals surface area contributed by atoms with Crippen molar-refractivity contribution in [3.05, 3.63) is 33.9 Å². The molecular weight excluding hydrogens is 299 g/mol. The lowest BCUT2D eigenvalue weighted by atomic mass is 10.1. The molecule has 0 aromatic heterocycles.